The maximum Gasteiger partial charge on any atom is 0.337 e. The maximum atomic E-state index is 12.1. The van der Waals surface area contributed by atoms with E-state index in [9.17, 15) is 4.79 Å². The number of esters is 1. The predicted octanol–water partition coefficient (Wildman–Crippen LogP) is 6.42. The first-order valence-corrected chi connectivity index (χ1v) is 10.9. The third-order valence-electron chi connectivity index (χ3n) is 6.49. The van der Waals surface area contributed by atoms with E-state index in [0.29, 0.717) is 11.5 Å². The molecule has 1 heterocycles. The second kappa shape index (κ2) is 8.86. The first-order chi connectivity index (χ1) is 14.2. The number of carbonyl (C=O) groups is 1. The van der Waals surface area contributed by atoms with Gasteiger partial charge in [0.25, 0.3) is 0 Å². The van der Waals surface area contributed by atoms with Crippen LogP contribution in [0.15, 0.2) is 48.7 Å². The Hall–Kier alpha value is -2.55. The van der Waals surface area contributed by atoms with Crippen molar-refractivity contribution in [2.24, 2.45) is 0 Å². The minimum atomic E-state index is -0.265. The van der Waals surface area contributed by atoms with E-state index in [1.807, 2.05) is 12.1 Å². The molecule has 152 valence electrons. The molecule has 0 aliphatic heterocycles. The zero-order valence-corrected chi connectivity index (χ0v) is 17.6. The topological polar surface area (TPSA) is 31.2 Å². The lowest BCUT2D eigenvalue weighted by Gasteiger charge is -2.21. The number of nitrogens with zero attached hydrogens (tertiary/aromatic N) is 1. The predicted molar refractivity (Wildman–Crippen MR) is 119 cm³/mol. The number of methoxy groups -OCH3 is 1. The summed E-state index contributed by atoms with van der Waals surface area (Å²) in [5.74, 6) is 0.381. The van der Waals surface area contributed by atoms with Gasteiger partial charge >= 0.3 is 5.97 Å². The van der Waals surface area contributed by atoms with Crippen LogP contribution in [0.5, 0.6) is 0 Å². The van der Waals surface area contributed by atoms with E-state index in [1.165, 1.54) is 66.8 Å². The smallest absolute Gasteiger partial charge is 0.337 e. The lowest BCUT2D eigenvalue weighted by molar-refractivity contribution is 0.0601. The fourth-order valence-electron chi connectivity index (χ4n) is 4.82. The van der Waals surface area contributed by atoms with Crippen molar-refractivity contribution in [3.63, 3.8) is 0 Å². The second-order valence-electron chi connectivity index (χ2n) is 8.37. The number of aromatic nitrogens is 1. The summed E-state index contributed by atoms with van der Waals surface area (Å²) < 4.78 is 7.32. The highest BCUT2D eigenvalue weighted by atomic mass is 16.5. The summed E-state index contributed by atoms with van der Waals surface area (Å²) >= 11 is 0. The van der Waals surface area contributed by atoms with Gasteiger partial charge in [-0.15, -0.1) is 0 Å². The largest absolute Gasteiger partial charge is 0.465 e. The van der Waals surface area contributed by atoms with Gasteiger partial charge in [-0.25, -0.2) is 4.79 Å². The van der Waals surface area contributed by atoms with Crippen molar-refractivity contribution >= 4 is 16.9 Å². The molecular weight excluding hydrogens is 358 g/mol. The lowest BCUT2D eigenvalue weighted by Crippen LogP contribution is -2.04. The van der Waals surface area contributed by atoms with Gasteiger partial charge in [0.2, 0.25) is 0 Å². The highest BCUT2D eigenvalue weighted by Gasteiger charge is 2.21. The molecule has 0 spiro atoms. The monoisotopic (exact) mass is 389 g/mol. The van der Waals surface area contributed by atoms with Crippen LogP contribution in [-0.4, -0.2) is 17.6 Å². The number of fused-ring (bicyclic) bond motifs is 1. The Bertz CT molecular complexity index is 995. The van der Waals surface area contributed by atoms with Gasteiger partial charge in [0.15, 0.2) is 0 Å². The van der Waals surface area contributed by atoms with Crippen LogP contribution in [0.25, 0.3) is 10.9 Å². The third kappa shape index (κ3) is 4.24. The van der Waals surface area contributed by atoms with Gasteiger partial charge < -0.3 is 9.30 Å². The van der Waals surface area contributed by atoms with Gasteiger partial charge in [-0.2, -0.15) is 0 Å². The Balaban J connectivity index is 1.63. The number of ether oxygens (including phenoxy) is 1. The highest BCUT2D eigenvalue weighted by Crippen LogP contribution is 2.38. The van der Waals surface area contributed by atoms with Gasteiger partial charge in [-0.05, 0) is 67.3 Å². The average molecular weight is 390 g/mol. The Morgan fingerprint density at radius 3 is 2.66 bits per heavy atom. The molecule has 1 aliphatic rings. The quantitative estimate of drug-likeness (QED) is 0.456. The van der Waals surface area contributed by atoms with Crippen LogP contribution in [0.2, 0.25) is 0 Å². The first-order valence-electron chi connectivity index (χ1n) is 10.9. The number of rotatable bonds is 6. The molecular formula is C26H31NO2. The van der Waals surface area contributed by atoms with Gasteiger partial charge in [-0.3, -0.25) is 0 Å². The molecule has 0 unspecified atom stereocenters. The van der Waals surface area contributed by atoms with E-state index in [0.717, 1.165) is 19.4 Å². The van der Waals surface area contributed by atoms with Gasteiger partial charge in [-0.1, -0.05) is 49.6 Å². The Kier molecular flexibility index (Phi) is 6.03. The molecule has 4 rings (SSSR count). The normalized spacial score (nSPS) is 15.0. The van der Waals surface area contributed by atoms with E-state index in [-0.39, 0.29) is 5.97 Å². The van der Waals surface area contributed by atoms with Crippen LogP contribution in [0.1, 0.15) is 71.5 Å². The molecule has 0 saturated heterocycles. The molecule has 29 heavy (non-hydrogen) atoms. The number of hydrogen-bond donors (Lipinski definition) is 0. The van der Waals surface area contributed by atoms with Crippen LogP contribution in [0.4, 0.5) is 0 Å². The SMILES string of the molecule is COC(=O)c1ccc2c(C3CCCCC3)cn(CCCc3ccccc3C)c2c1. The molecule has 1 saturated carbocycles. The zero-order chi connectivity index (χ0) is 20.2. The molecule has 2 aromatic carbocycles. The van der Waals surface area contributed by atoms with Gasteiger partial charge in [0, 0.05) is 23.6 Å². The van der Waals surface area contributed by atoms with Crippen molar-refractivity contribution in [3.05, 3.63) is 70.9 Å². The van der Waals surface area contributed by atoms with E-state index in [1.54, 1.807) is 0 Å². The fraction of sp³-hybridized carbons (Fsp3) is 0.423. The summed E-state index contributed by atoms with van der Waals surface area (Å²) in [6.07, 6.45) is 11.1. The molecule has 0 radical (unpaired) electrons. The van der Waals surface area contributed by atoms with Crippen LogP contribution < -0.4 is 0 Å². The summed E-state index contributed by atoms with van der Waals surface area (Å²) in [6.45, 7) is 3.15. The maximum absolute atomic E-state index is 12.1. The summed E-state index contributed by atoms with van der Waals surface area (Å²) in [7, 11) is 1.45. The van der Waals surface area contributed by atoms with Gasteiger partial charge in [0.05, 0.1) is 12.7 Å². The van der Waals surface area contributed by atoms with Crippen molar-refractivity contribution in [1.82, 2.24) is 4.57 Å². The number of benzene rings is 2. The molecule has 0 bridgehead atoms. The van der Waals surface area contributed by atoms with E-state index in [4.69, 9.17) is 4.74 Å². The van der Waals surface area contributed by atoms with Crippen molar-refractivity contribution in [2.45, 2.75) is 64.3 Å². The summed E-state index contributed by atoms with van der Waals surface area (Å²) in [4.78, 5) is 12.1. The van der Waals surface area contributed by atoms with Crippen LogP contribution >= 0.6 is 0 Å². The number of hydrogen-bond acceptors (Lipinski definition) is 2. The van der Waals surface area contributed by atoms with Gasteiger partial charge in [0.1, 0.15) is 0 Å². The number of aryl methyl sites for hydroxylation is 3. The molecule has 3 aromatic rings. The standard InChI is InChI=1S/C26H31NO2/c1-19-9-6-7-10-20(19)13-8-16-27-18-24(21-11-4-3-5-12-21)23-15-14-22(17-25(23)27)26(28)29-2/h6-7,9-10,14-15,17-18,21H,3-5,8,11-13,16H2,1-2H3. The number of carbonyl (C=O) groups excluding carboxylic acids is 1. The minimum absolute atomic E-state index is 0.265. The average Bonchev–Trinajstić information content (AvgIpc) is 3.13. The van der Waals surface area contributed by atoms with Crippen molar-refractivity contribution in [3.8, 4) is 0 Å². The summed E-state index contributed by atoms with van der Waals surface area (Å²) in [5.41, 5.74) is 6.05. The zero-order valence-electron chi connectivity index (χ0n) is 17.6. The lowest BCUT2D eigenvalue weighted by atomic mass is 9.84. The highest BCUT2D eigenvalue weighted by molar-refractivity contribution is 5.95. The molecule has 1 aliphatic carbocycles. The summed E-state index contributed by atoms with van der Waals surface area (Å²) in [6, 6.07) is 14.7. The van der Waals surface area contributed by atoms with Crippen molar-refractivity contribution in [1.29, 1.82) is 0 Å². The van der Waals surface area contributed by atoms with Crippen LogP contribution in [0, 0.1) is 6.92 Å². The molecule has 1 fully saturated rings. The molecule has 3 nitrogen and oxygen atoms in total. The molecule has 0 N–H and O–H groups in total. The fourth-order valence-corrected chi connectivity index (χ4v) is 4.82. The molecule has 1 aromatic heterocycles. The Morgan fingerprint density at radius 1 is 1.10 bits per heavy atom. The molecule has 0 atom stereocenters. The van der Waals surface area contributed by atoms with Crippen molar-refractivity contribution in [2.75, 3.05) is 7.11 Å². The van der Waals surface area contributed by atoms with Crippen LogP contribution in [0.3, 0.4) is 0 Å². The van der Waals surface area contributed by atoms with Crippen LogP contribution in [-0.2, 0) is 17.7 Å². The van der Waals surface area contributed by atoms with E-state index >= 15 is 0 Å². The molecule has 3 heteroatoms. The first kappa shape index (κ1) is 19.8. The Morgan fingerprint density at radius 2 is 1.90 bits per heavy atom. The molecule has 0 amide bonds. The van der Waals surface area contributed by atoms with Crippen molar-refractivity contribution < 1.29 is 9.53 Å². The Labute approximate surface area is 173 Å². The second-order valence-corrected chi connectivity index (χ2v) is 8.37. The summed E-state index contributed by atoms with van der Waals surface area (Å²) in [5, 5.41) is 1.31. The van der Waals surface area contributed by atoms with E-state index in [2.05, 4.69) is 48.0 Å². The third-order valence-corrected chi connectivity index (χ3v) is 6.49. The van der Waals surface area contributed by atoms with E-state index < -0.39 is 0 Å². The minimum Gasteiger partial charge on any atom is -0.465 e.